The monoisotopic (exact) mass is 1000 g/mol. The van der Waals surface area contributed by atoms with Gasteiger partial charge in [0.2, 0.25) is 11.8 Å². The van der Waals surface area contributed by atoms with Crippen LogP contribution in [0.2, 0.25) is 0 Å². The SMILES string of the molecule is COC(=O)NC(C(=O)N1C(c2nc3ccc(-c4cc5c(-c6ccc7nc(C8CC9CCCCC9N8C(=O)C(NC(=O)OC)C(C)C)[nH]c7c6)cc4CCc4ccc(cc4)CC5)cc3[nH]2)CC2CCCCC21)C(C)C. The van der Waals surface area contributed by atoms with Gasteiger partial charge in [-0.05, 0) is 157 Å². The molecule has 6 aromatic rings. The molecule has 4 fully saturated rings. The molecule has 0 radical (unpaired) electrons. The van der Waals surface area contributed by atoms with Crippen molar-refractivity contribution in [2.45, 2.75) is 154 Å². The second-order valence-electron chi connectivity index (χ2n) is 22.6. The molecule has 6 aliphatic carbocycles. The number of aryl methyl sites for hydroxylation is 4. The van der Waals surface area contributed by atoms with Gasteiger partial charge in [0.1, 0.15) is 23.7 Å². The van der Waals surface area contributed by atoms with Crippen molar-refractivity contribution in [3.8, 4) is 22.3 Å². The summed E-state index contributed by atoms with van der Waals surface area (Å²) in [6.45, 7) is 7.85. The summed E-state index contributed by atoms with van der Waals surface area (Å²) in [7, 11) is 2.66. The molecule has 14 nitrogen and oxygen atoms in total. The van der Waals surface area contributed by atoms with E-state index in [1.165, 1.54) is 47.6 Å². The topological polar surface area (TPSA) is 175 Å². The smallest absolute Gasteiger partial charge is 0.407 e. The first kappa shape index (κ1) is 49.5. The number of methoxy groups -OCH3 is 2. The summed E-state index contributed by atoms with van der Waals surface area (Å²) in [4.78, 5) is 76.1. The van der Waals surface area contributed by atoms with E-state index in [1.54, 1.807) is 0 Å². The molecule has 8 aliphatic rings. The second-order valence-corrected chi connectivity index (χ2v) is 22.6. The predicted molar refractivity (Wildman–Crippen MR) is 286 cm³/mol. The van der Waals surface area contributed by atoms with Crippen molar-refractivity contribution in [3.05, 3.63) is 107 Å². The van der Waals surface area contributed by atoms with Crippen LogP contribution < -0.4 is 10.6 Å². The molecule has 14 rings (SSSR count). The zero-order valence-corrected chi connectivity index (χ0v) is 43.8. The Labute approximate surface area is 434 Å². The summed E-state index contributed by atoms with van der Waals surface area (Å²) in [5.41, 5.74) is 13.4. The number of H-pyrrole nitrogens is 2. The maximum atomic E-state index is 14.6. The molecule has 4 bridgehead atoms. The number of amides is 4. The second kappa shape index (κ2) is 20.5. The van der Waals surface area contributed by atoms with Crippen molar-refractivity contribution < 1.29 is 28.7 Å². The molecule has 14 heteroatoms. The number of hydrogen-bond acceptors (Lipinski definition) is 8. The number of ether oxygens (including phenoxy) is 2. The Morgan fingerprint density at radius 1 is 0.554 bits per heavy atom. The lowest BCUT2D eigenvalue weighted by Crippen LogP contribution is -2.53. The van der Waals surface area contributed by atoms with E-state index in [0.29, 0.717) is 11.8 Å². The molecule has 0 spiro atoms. The van der Waals surface area contributed by atoms with E-state index in [4.69, 9.17) is 19.4 Å². The van der Waals surface area contributed by atoms with Gasteiger partial charge in [-0.1, -0.05) is 102 Å². The third kappa shape index (κ3) is 9.42. The number of aromatic nitrogens is 4. The number of hydrogen-bond donors (Lipinski definition) is 4. The Hall–Kier alpha value is -6.70. The molecular weight excluding hydrogens is 929 g/mol. The number of alkyl carbamates (subject to hydrolysis) is 2. The average molecular weight is 1000 g/mol. The molecule has 2 aliphatic heterocycles. The Bertz CT molecular complexity index is 2880. The molecule has 2 saturated carbocycles. The first-order valence-corrected chi connectivity index (χ1v) is 27.4. The molecule has 8 unspecified atom stereocenters. The minimum Gasteiger partial charge on any atom is -0.453 e. The Morgan fingerprint density at radius 3 is 1.35 bits per heavy atom. The number of rotatable bonds is 10. The van der Waals surface area contributed by atoms with Gasteiger partial charge in [-0.25, -0.2) is 19.6 Å². The van der Waals surface area contributed by atoms with Crippen LogP contribution in [0.15, 0.2) is 72.8 Å². The van der Waals surface area contributed by atoms with Crippen molar-refractivity contribution in [2.24, 2.45) is 23.7 Å². The number of nitrogens with zero attached hydrogens (tertiary/aromatic N) is 4. The summed E-state index contributed by atoms with van der Waals surface area (Å²) in [5, 5.41) is 5.69. The summed E-state index contributed by atoms with van der Waals surface area (Å²) in [5.74, 6) is 1.95. The Kier molecular flexibility index (Phi) is 13.7. The minimum absolute atomic E-state index is 0.0750. The molecule has 388 valence electrons. The molecular formula is C60H72N8O6. The fourth-order valence-electron chi connectivity index (χ4n) is 13.5. The molecule has 74 heavy (non-hydrogen) atoms. The van der Waals surface area contributed by atoms with Crippen molar-refractivity contribution in [1.29, 1.82) is 0 Å². The zero-order chi connectivity index (χ0) is 51.4. The van der Waals surface area contributed by atoms with Gasteiger partial charge in [0.25, 0.3) is 0 Å². The molecule has 4 heterocycles. The Balaban J connectivity index is 0.941. The van der Waals surface area contributed by atoms with Gasteiger partial charge in [0, 0.05) is 12.1 Å². The highest BCUT2D eigenvalue weighted by Gasteiger charge is 2.50. The highest BCUT2D eigenvalue weighted by atomic mass is 16.5. The standard InChI is InChI=1S/C60H72N8O6/c1-33(2)53(65-59(71)73-5)57(69)67-49-13-9-7-11-41(49)31-51(67)55-61-45-25-23-39(29-47(45)63-55)43-27-38-22-20-36-17-15-35(16-18-36)19-21-37(43)28-44(38)40-24-26-46-48(30-40)64-56(62-46)52-32-42-12-8-10-14-50(42)68(52)58(70)54(34(3)4)66-60(72)74-6/h15-18,23-30,33-34,41-42,49-54H,7-14,19-22,31-32H2,1-6H3,(H,61,63)(H,62,64)(H,65,71)(H,66,72). The fraction of sp³-hybridized carbons (Fsp3) is 0.500. The summed E-state index contributed by atoms with van der Waals surface area (Å²) in [6.07, 6.45) is 12.5. The number of benzene rings is 4. The summed E-state index contributed by atoms with van der Waals surface area (Å²) in [6, 6.07) is 25.4. The minimum atomic E-state index is -0.708. The highest BCUT2D eigenvalue weighted by molar-refractivity contribution is 5.90. The molecule has 8 atom stereocenters. The van der Waals surface area contributed by atoms with Gasteiger partial charge >= 0.3 is 12.2 Å². The van der Waals surface area contributed by atoms with E-state index in [2.05, 4.69) is 103 Å². The van der Waals surface area contributed by atoms with Crippen LogP contribution in [0, 0.1) is 23.7 Å². The van der Waals surface area contributed by atoms with Crippen LogP contribution in [0.4, 0.5) is 9.59 Å². The number of imidazole rings is 2. The first-order chi connectivity index (χ1) is 35.8. The molecule has 4 aromatic carbocycles. The lowest BCUT2D eigenvalue weighted by Gasteiger charge is -2.36. The molecule has 4 amide bonds. The first-order valence-electron chi connectivity index (χ1n) is 27.4. The van der Waals surface area contributed by atoms with E-state index in [1.807, 2.05) is 27.7 Å². The number of fused-ring (bicyclic) bond motifs is 4. The van der Waals surface area contributed by atoms with Crippen LogP contribution in [0.1, 0.15) is 138 Å². The van der Waals surface area contributed by atoms with E-state index in [0.717, 1.165) is 135 Å². The summed E-state index contributed by atoms with van der Waals surface area (Å²) < 4.78 is 9.91. The summed E-state index contributed by atoms with van der Waals surface area (Å²) >= 11 is 0. The predicted octanol–water partition coefficient (Wildman–Crippen LogP) is 11.1. The number of likely N-dealkylation sites (tertiary alicyclic amines) is 2. The van der Waals surface area contributed by atoms with Crippen LogP contribution in [0.3, 0.4) is 0 Å². The van der Waals surface area contributed by atoms with E-state index in [9.17, 15) is 19.2 Å². The van der Waals surface area contributed by atoms with Crippen LogP contribution >= 0.6 is 0 Å². The van der Waals surface area contributed by atoms with Gasteiger partial charge in [0.05, 0.1) is 48.4 Å². The van der Waals surface area contributed by atoms with Crippen LogP contribution in [-0.4, -0.2) is 92.1 Å². The number of aromatic amines is 2. The zero-order valence-electron chi connectivity index (χ0n) is 43.8. The number of carbonyl (C=O) groups is 4. The van der Waals surface area contributed by atoms with Crippen molar-refractivity contribution in [1.82, 2.24) is 40.4 Å². The van der Waals surface area contributed by atoms with E-state index >= 15 is 0 Å². The van der Waals surface area contributed by atoms with Crippen molar-refractivity contribution >= 4 is 46.1 Å². The maximum Gasteiger partial charge on any atom is 0.407 e. The third-order valence-corrected chi connectivity index (χ3v) is 17.4. The molecule has 2 saturated heterocycles. The molecule has 4 N–H and O–H groups in total. The van der Waals surface area contributed by atoms with Crippen molar-refractivity contribution in [2.75, 3.05) is 14.2 Å². The van der Waals surface area contributed by atoms with Gasteiger partial charge in [-0.2, -0.15) is 0 Å². The normalized spacial score (nSPS) is 23.4. The fourth-order valence-corrected chi connectivity index (χ4v) is 13.5. The Morgan fingerprint density at radius 2 is 0.959 bits per heavy atom. The largest absolute Gasteiger partial charge is 0.453 e. The number of carbonyl (C=O) groups excluding carboxylic acids is 4. The van der Waals surface area contributed by atoms with E-state index < -0.39 is 24.3 Å². The third-order valence-electron chi connectivity index (χ3n) is 17.4. The van der Waals surface area contributed by atoms with E-state index in [-0.39, 0.29) is 47.8 Å². The number of nitrogens with one attached hydrogen (secondary N) is 4. The quantitative estimate of drug-likeness (QED) is 0.105. The lowest BCUT2D eigenvalue weighted by molar-refractivity contribution is -0.139. The lowest BCUT2D eigenvalue weighted by atomic mass is 9.84. The van der Waals surface area contributed by atoms with Crippen LogP contribution in [0.5, 0.6) is 0 Å². The maximum absolute atomic E-state index is 14.6. The van der Waals surface area contributed by atoms with Crippen LogP contribution in [0.25, 0.3) is 44.3 Å². The highest BCUT2D eigenvalue weighted by Crippen LogP contribution is 2.48. The molecule has 2 aromatic heterocycles. The van der Waals surface area contributed by atoms with Gasteiger partial charge < -0.3 is 39.9 Å². The van der Waals surface area contributed by atoms with Crippen LogP contribution in [-0.2, 0) is 44.7 Å². The average Bonchev–Trinajstić information content (AvgIpc) is 4.22. The van der Waals surface area contributed by atoms with Gasteiger partial charge in [-0.3, -0.25) is 9.59 Å². The van der Waals surface area contributed by atoms with Gasteiger partial charge in [0.15, 0.2) is 0 Å². The van der Waals surface area contributed by atoms with Crippen molar-refractivity contribution in [3.63, 3.8) is 0 Å². The van der Waals surface area contributed by atoms with Gasteiger partial charge in [-0.15, -0.1) is 0 Å².